The van der Waals surface area contributed by atoms with Crippen molar-refractivity contribution < 1.29 is 31.9 Å². The molecule has 10 nitrogen and oxygen atoms in total. The molecular weight excluding hydrogens is 539 g/mol. The predicted octanol–water partition coefficient (Wildman–Crippen LogP) is 2.99. The summed E-state index contributed by atoms with van der Waals surface area (Å²) in [6, 6.07) is 15.4. The number of urea groups is 1. The van der Waals surface area contributed by atoms with Crippen LogP contribution in [0.5, 0.6) is 11.5 Å². The number of carbonyl (C=O) groups is 2. The lowest BCUT2D eigenvalue weighted by Gasteiger charge is -2.39. The van der Waals surface area contributed by atoms with Crippen LogP contribution in [0.15, 0.2) is 71.6 Å². The molecule has 5 rings (SSSR count). The summed E-state index contributed by atoms with van der Waals surface area (Å²) in [6.45, 7) is 0.405. The highest BCUT2D eigenvalue weighted by Crippen LogP contribution is 2.30. The number of anilines is 1. The number of hydrogen-bond donors (Lipinski definition) is 2. The summed E-state index contributed by atoms with van der Waals surface area (Å²) in [5.41, 5.74) is 1.93. The van der Waals surface area contributed by atoms with Crippen LogP contribution in [0.4, 0.5) is 14.9 Å². The van der Waals surface area contributed by atoms with Crippen molar-refractivity contribution in [3.8, 4) is 11.5 Å². The number of fused-ring (bicyclic) bond motifs is 1. The molecule has 3 amide bonds. The average molecular weight is 569 g/mol. The summed E-state index contributed by atoms with van der Waals surface area (Å²) in [4.78, 5) is 28.0. The maximum Gasteiger partial charge on any atom is 0.321 e. The molecule has 0 aliphatic carbocycles. The minimum atomic E-state index is -4.09. The smallest absolute Gasteiger partial charge is 0.321 e. The summed E-state index contributed by atoms with van der Waals surface area (Å²) in [5, 5.41) is 5.49. The largest absolute Gasteiger partial charge is 0.497 e. The van der Waals surface area contributed by atoms with Crippen molar-refractivity contribution in [1.82, 2.24) is 14.5 Å². The SMILES string of the molecule is COc1cccc(CNC(=O)C2CN(C(=O)Nc3ccc(F)cc3)CCN2S(=O)(=O)c2ccc3c(c2)CCO3)c1. The molecule has 12 heteroatoms. The summed E-state index contributed by atoms with van der Waals surface area (Å²) in [7, 11) is -2.55. The van der Waals surface area contributed by atoms with E-state index in [9.17, 15) is 22.4 Å². The van der Waals surface area contributed by atoms with Crippen LogP contribution in [-0.4, -0.2) is 69.0 Å². The number of halogens is 1. The van der Waals surface area contributed by atoms with Crippen LogP contribution in [0.1, 0.15) is 11.1 Å². The molecule has 2 aliphatic rings. The average Bonchev–Trinajstić information content (AvgIpc) is 3.45. The first-order chi connectivity index (χ1) is 19.2. The number of ether oxygens (including phenoxy) is 2. The van der Waals surface area contributed by atoms with Gasteiger partial charge in [0.15, 0.2) is 0 Å². The fourth-order valence-corrected chi connectivity index (χ4v) is 6.36. The molecule has 1 saturated heterocycles. The van der Waals surface area contributed by atoms with Crippen LogP contribution in [0.25, 0.3) is 0 Å². The van der Waals surface area contributed by atoms with Crippen molar-refractivity contribution in [2.45, 2.75) is 23.9 Å². The van der Waals surface area contributed by atoms with E-state index in [1.165, 1.54) is 35.2 Å². The van der Waals surface area contributed by atoms with E-state index in [0.29, 0.717) is 30.2 Å². The van der Waals surface area contributed by atoms with Gasteiger partial charge in [0.05, 0.1) is 18.6 Å². The van der Waals surface area contributed by atoms with E-state index in [4.69, 9.17) is 9.47 Å². The maximum absolute atomic E-state index is 13.8. The standard InChI is InChI=1S/C28H29FN4O6S/c1-38-23-4-2-3-19(15-23)17-30-27(34)25-18-32(28(35)31-22-7-5-21(29)6-8-22)12-13-33(25)40(36,37)24-9-10-26-20(16-24)11-14-39-26/h2-10,15-16,25H,11-14,17-18H2,1H3,(H,30,34)(H,31,35). The number of sulfonamides is 1. The van der Waals surface area contributed by atoms with Crippen LogP contribution in [0.3, 0.4) is 0 Å². The Morgan fingerprint density at radius 1 is 1.07 bits per heavy atom. The molecule has 1 unspecified atom stereocenters. The number of carbonyl (C=O) groups excluding carboxylic acids is 2. The van der Waals surface area contributed by atoms with Crippen LogP contribution in [0, 0.1) is 5.82 Å². The van der Waals surface area contributed by atoms with Crippen LogP contribution in [-0.2, 0) is 27.8 Å². The van der Waals surface area contributed by atoms with Gasteiger partial charge in [-0.25, -0.2) is 17.6 Å². The Labute approximate surface area is 231 Å². The highest BCUT2D eigenvalue weighted by molar-refractivity contribution is 7.89. The number of nitrogens with one attached hydrogen (secondary N) is 2. The molecule has 0 spiro atoms. The van der Waals surface area contributed by atoms with E-state index in [-0.39, 0.29) is 31.1 Å². The fourth-order valence-electron chi connectivity index (χ4n) is 4.74. The maximum atomic E-state index is 13.8. The molecule has 2 heterocycles. The third kappa shape index (κ3) is 5.87. The number of nitrogens with zero attached hydrogens (tertiary/aromatic N) is 2. The van der Waals surface area contributed by atoms with Crippen LogP contribution >= 0.6 is 0 Å². The number of benzene rings is 3. The van der Waals surface area contributed by atoms with Crippen molar-refractivity contribution in [1.29, 1.82) is 0 Å². The lowest BCUT2D eigenvalue weighted by molar-refractivity contribution is -0.126. The van der Waals surface area contributed by atoms with Gasteiger partial charge in [-0.2, -0.15) is 4.31 Å². The van der Waals surface area contributed by atoms with Crippen molar-refractivity contribution in [3.05, 3.63) is 83.7 Å². The van der Waals surface area contributed by atoms with Gasteiger partial charge in [-0.3, -0.25) is 4.79 Å². The number of rotatable bonds is 7. The Bertz CT molecular complexity index is 1520. The molecule has 210 valence electrons. The Hall–Kier alpha value is -4.16. The zero-order valence-electron chi connectivity index (χ0n) is 21.8. The number of amides is 3. The van der Waals surface area contributed by atoms with Crippen molar-refractivity contribution in [2.24, 2.45) is 0 Å². The molecule has 1 fully saturated rings. The summed E-state index contributed by atoms with van der Waals surface area (Å²) in [6.07, 6.45) is 0.598. The van der Waals surface area contributed by atoms with E-state index in [0.717, 1.165) is 15.4 Å². The van der Waals surface area contributed by atoms with Gasteiger partial charge in [-0.05, 0) is 65.7 Å². The van der Waals surface area contributed by atoms with Gasteiger partial charge in [-0.15, -0.1) is 0 Å². The second-order valence-corrected chi connectivity index (χ2v) is 11.3. The molecule has 3 aromatic carbocycles. The van der Waals surface area contributed by atoms with Crippen molar-refractivity contribution in [2.75, 3.05) is 38.7 Å². The molecule has 2 aliphatic heterocycles. The van der Waals surface area contributed by atoms with E-state index < -0.39 is 33.8 Å². The quantitative estimate of drug-likeness (QED) is 0.453. The van der Waals surface area contributed by atoms with Gasteiger partial charge in [0, 0.05) is 38.3 Å². The molecule has 2 N–H and O–H groups in total. The molecule has 0 saturated carbocycles. The van der Waals surface area contributed by atoms with Gasteiger partial charge < -0.3 is 25.0 Å². The van der Waals surface area contributed by atoms with E-state index in [1.807, 2.05) is 6.07 Å². The van der Waals surface area contributed by atoms with Gasteiger partial charge >= 0.3 is 6.03 Å². The fraction of sp³-hybridized carbons (Fsp3) is 0.286. The lowest BCUT2D eigenvalue weighted by Crippen LogP contribution is -2.61. The Kier molecular flexibility index (Phi) is 7.90. The molecule has 0 bridgehead atoms. The number of hydrogen-bond acceptors (Lipinski definition) is 6. The second kappa shape index (κ2) is 11.5. The van der Waals surface area contributed by atoms with Gasteiger partial charge in [-0.1, -0.05) is 12.1 Å². The Morgan fingerprint density at radius 2 is 1.88 bits per heavy atom. The highest BCUT2D eigenvalue weighted by atomic mass is 32.2. The number of methoxy groups -OCH3 is 1. The molecule has 0 radical (unpaired) electrons. The van der Waals surface area contributed by atoms with Crippen molar-refractivity contribution in [3.63, 3.8) is 0 Å². The first-order valence-corrected chi connectivity index (χ1v) is 14.2. The topological polar surface area (TPSA) is 117 Å². The van der Waals surface area contributed by atoms with Crippen LogP contribution in [0.2, 0.25) is 0 Å². The third-order valence-electron chi connectivity index (χ3n) is 6.89. The van der Waals surface area contributed by atoms with Gasteiger partial charge in [0.1, 0.15) is 23.4 Å². The zero-order valence-corrected chi connectivity index (χ0v) is 22.6. The minimum Gasteiger partial charge on any atom is -0.497 e. The number of piperazine rings is 1. The zero-order chi connectivity index (χ0) is 28.3. The first-order valence-electron chi connectivity index (χ1n) is 12.7. The molecule has 40 heavy (non-hydrogen) atoms. The normalized spacial score (nSPS) is 17.1. The summed E-state index contributed by atoms with van der Waals surface area (Å²) >= 11 is 0. The van der Waals surface area contributed by atoms with E-state index >= 15 is 0 Å². The monoisotopic (exact) mass is 568 g/mol. The van der Waals surface area contributed by atoms with E-state index in [1.54, 1.807) is 37.4 Å². The molecule has 3 aromatic rings. The van der Waals surface area contributed by atoms with Crippen molar-refractivity contribution >= 4 is 27.6 Å². The molecule has 0 aromatic heterocycles. The first kappa shape index (κ1) is 27.4. The summed E-state index contributed by atoms with van der Waals surface area (Å²) < 4.78 is 52.8. The Morgan fingerprint density at radius 3 is 2.65 bits per heavy atom. The second-order valence-electron chi connectivity index (χ2n) is 9.45. The van der Waals surface area contributed by atoms with Gasteiger partial charge in [0.2, 0.25) is 15.9 Å². The van der Waals surface area contributed by atoms with Crippen LogP contribution < -0.4 is 20.1 Å². The molecular formula is C28H29FN4O6S. The Balaban J connectivity index is 1.38. The molecule has 1 atom stereocenters. The lowest BCUT2D eigenvalue weighted by atomic mass is 10.1. The van der Waals surface area contributed by atoms with E-state index in [2.05, 4.69) is 10.6 Å². The predicted molar refractivity (Wildman–Crippen MR) is 145 cm³/mol. The third-order valence-corrected chi connectivity index (χ3v) is 8.79. The summed E-state index contributed by atoms with van der Waals surface area (Å²) in [5.74, 6) is 0.282. The minimum absolute atomic E-state index is 0.0555. The highest BCUT2D eigenvalue weighted by Gasteiger charge is 2.41. The van der Waals surface area contributed by atoms with Gasteiger partial charge in [0.25, 0.3) is 0 Å².